The zero-order chi connectivity index (χ0) is 27.6. The predicted octanol–water partition coefficient (Wildman–Crippen LogP) is 6.35. The third-order valence-electron chi connectivity index (χ3n) is 5.96. The Morgan fingerprint density at radius 2 is 1.84 bits per heavy atom. The first kappa shape index (κ1) is 27.6. The Hall–Kier alpha value is -3.40. The molecule has 3 aromatic rings. The number of hydrogen-bond acceptors (Lipinski definition) is 8. The number of aromatic nitrogens is 1. The molecule has 1 aliphatic rings. The van der Waals surface area contributed by atoms with Gasteiger partial charge in [-0.3, -0.25) is 14.5 Å². The van der Waals surface area contributed by atoms with Crippen LogP contribution in [-0.2, 0) is 14.3 Å². The van der Waals surface area contributed by atoms with E-state index in [1.165, 1.54) is 19.2 Å². The quantitative estimate of drug-likeness (QED) is 0.110. The van der Waals surface area contributed by atoms with Gasteiger partial charge >= 0.3 is 11.9 Å². The molecule has 11 heteroatoms. The Labute approximate surface area is 233 Å². The second kappa shape index (κ2) is 11.6. The van der Waals surface area contributed by atoms with Crippen LogP contribution in [0.5, 0.6) is 5.75 Å². The molecule has 38 heavy (non-hydrogen) atoms. The van der Waals surface area contributed by atoms with Gasteiger partial charge < -0.3 is 14.6 Å². The molecule has 198 valence electrons. The first-order chi connectivity index (χ1) is 18.2. The van der Waals surface area contributed by atoms with Crippen LogP contribution in [0.4, 0.5) is 5.13 Å². The predicted molar refractivity (Wildman–Crippen MR) is 146 cm³/mol. The van der Waals surface area contributed by atoms with Gasteiger partial charge in [0, 0.05) is 5.56 Å². The first-order valence-corrected chi connectivity index (χ1v) is 13.3. The number of Topliss-reactive ketones (excluding diaryl/α,β-unsaturated/α-hetero) is 1. The number of halogens is 2. The summed E-state index contributed by atoms with van der Waals surface area (Å²) in [5, 5.41) is 11.9. The van der Waals surface area contributed by atoms with Crippen molar-refractivity contribution in [3.63, 3.8) is 0 Å². The number of ketones is 1. The molecular formula is C27H24Cl2N2O6S. The number of amides is 1. The number of aliphatic hydroxyl groups is 1. The lowest BCUT2D eigenvalue weighted by atomic mass is 9.95. The molecule has 0 unspecified atom stereocenters. The molecule has 1 atom stereocenters. The Balaban J connectivity index is 1.84. The maximum Gasteiger partial charge on any atom is 0.350 e. The Bertz CT molecular complexity index is 1430. The van der Waals surface area contributed by atoms with E-state index >= 15 is 0 Å². The van der Waals surface area contributed by atoms with Gasteiger partial charge in [-0.05, 0) is 55.3 Å². The molecule has 0 saturated carbocycles. The van der Waals surface area contributed by atoms with Gasteiger partial charge in [-0.15, -0.1) is 0 Å². The highest BCUT2D eigenvalue weighted by molar-refractivity contribution is 7.17. The number of carbonyl (C=O) groups excluding carboxylic acids is 3. The molecule has 0 radical (unpaired) electrons. The lowest BCUT2D eigenvalue weighted by Gasteiger charge is -2.23. The van der Waals surface area contributed by atoms with Crippen molar-refractivity contribution in [1.29, 1.82) is 0 Å². The molecule has 1 aliphatic heterocycles. The van der Waals surface area contributed by atoms with Crippen LogP contribution in [0, 0.1) is 6.92 Å². The van der Waals surface area contributed by atoms with E-state index < -0.39 is 23.7 Å². The molecule has 1 N–H and O–H groups in total. The van der Waals surface area contributed by atoms with Gasteiger partial charge in [-0.1, -0.05) is 53.9 Å². The highest BCUT2D eigenvalue weighted by Crippen LogP contribution is 2.45. The van der Waals surface area contributed by atoms with Crippen molar-refractivity contribution < 1.29 is 29.0 Å². The van der Waals surface area contributed by atoms with Gasteiger partial charge in [0.2, 0.25) is 0 Å². The highest BCUT2D eigenvalue weighted by atomic mass is 35.5. The third kappa shape index (κ3) is 5.27. The zero-order valence-electron chi connectivity index (χ0n) is 20.8. The number of thiazole rings is 1. The van der Waals surface area contributed by atoms with Crippen LogP contribution in [-0.4, -0.2) is 41.5 Å². The minimum atomic E-state index is -1.08. The number of aliphatic hydroxyl groups excluding tert-OH is 1. The SMILES string of the molecule is CCCCOc1ccc(C(O)=C2C(=O)C(=O)N(c3nc(C)c(C(=O)OC)s3)[C@@H]2c2ccc(Cl)c(Cl)c2)cc1. The van der Waals surface area contributed by atoms with E-state index in [1.54, 1.807) is 37.3 Å². The van der Waals surface area contributed by atoms with E-state index in [1.807, 2.05) is 0 Å². The van der Waals surface area contributed by atoms with Gasteiger partial charge in [0.15, 0.2) is 5.13 Å². The molecule has 1 fully saturated rings. The number of esters is 1. The van der Waals surface area contributed by atoms with E-state index in [4.69, 9.17) is 32.7 Å². The summed E-state index contributed by atoms with van der Waals surface area (Å²) < 4.78 is 10.5. The third-order valence-corrected chi connectivity index (χ3v) is 7.84. The highest BCUT2D eigenvalue weighted by Gasteiger charge is 2.48. The largest absolute Gasteiger partial charge is 0.507 e. The average molecular weight is 575 g/mol. The smallest absolute Gasteiger partial charge is 0.350 e. The Kier molecular flexibility index (Phi) is 8.40. The van der Waals surface area contributed by atoms with Crippen LogP contribution < -0.4 is 9.64 Å². The maximum absolute atomic E-state index is 13.4. The molecule has 0 spiro atoms. The van der Waals surface area contributed by atoms with Crippen molar-refractivity contribution >= 4 is 63.1 Å². The van der Waals surface area contributed by atoms with E-state index in [-0.39, 0.29) is 31.4 Å². The Morgan fingerprint density at radius 1 is 1.13 bits per heavy atom. The van der Waals surface area contributed by atoms with Gasteiger partial charge in [0.05, 0.1) is 41.1 Å². The number of benzene rings is 2. The van der Waals surface area contributed by atoms with Crippen molar-refractivity contribution in [2.75, 3.05) is 18.6 Å². The lowest BCUT2D eigenvalue weighted by Crippen LogP contribution is -2.29. The number of aryl methyl sites for hydroxylation is 1. The molecule has 1 saturated heterocycles. The van der Waals surface area contributed by atoms with Crippen LogP contribution in [0.1, 0.15) is 52.3 Å². The number of hydrogen-bond donors (Lipinski definition) is 1. The van der Waals surface area contributed by atoms with E-state index in [2.05, 4.69) is 11.9 Å². The van der Waals surface area contributed by atoms with Crippen molar-refractivity contribution in [3.8, 4) is 5.75 Å². The topological polar surface area (TPSA) is 106 Å². The van der Waals surface area contributed by atoms with Crippen LogP contribution >= 0.6 is 34.5 Å². The number of methoxy groups -OCH3 is 1. The molecule has 4 rings (SSSR count). The fourth-order valence-electron chi connectivity index (χ4n) is 3.99. The van der Waals surface area contributed by atoms with Gasteiger partial charge in [-0.25, -0.2) is 9.78 Å². The summed E-state index contributed by atoms with van der Waals surface area (Å²) in [7, 11) is 1.24. The van der Waals surface area contributed by atoms with Crippen molar-refractivity contribution in [1.82, 2.24) is 4.98 Å². The van der Waals surface area contributed by atoms with Gasteiger partial charge in [0.25, 0.3) is 5.78 Å². The Morgan fingerprint density at radius 3 is 2.47 bits per heavy atom. The number of carbonyl (C=O) groups is 3. The summed E-state index contributed by atoms with van der Waals surface area (Å²) in [5.41, 5.74) is 0.930. The van der Waals surface area contributed by atoms with Gasteiger partial charge in [-0.2, -0.15) is 0 Å². The fourth-order valence-corrected chi connectivity index (χ4v) is 5.31. The monoisotopic (exact) mass is 574 g/mol. The van der Waals surface area contributed by atoms with E-state index in [9.17, 15) is 19.5 Å². The zero-order valence-corrected chi connectivity index (χ0v) is 23.1. The molecule has 1 aromatic heterocycles. The summed E-state index contributed by atoms with van der Waals surface area (Å²) in [5.74, 6) is -2.19. The van der Waals surface area contributed by atoms with Gasteiger partial charge in [0.1, 0.15) is 16.4 Å². The van der Waals surface area contributed by atoms with Crippen molar-refractivity contribution in [3.05, 3.63) is 79.8 Å². The van der Waals surface area contributed by atoms with Crippen LogP contribution in [0.15, 0.2) is 48.0 Å². The molecule has 0 bridgehead atoms. The fraction of sp³-hybridized carbons (Fsp3) is 0.259. The molecular weight excluding hydrogens is 551 g/mol. The molecule has 8 nitrogen and oxygen atoms in total. The van der Waals surface area contributed by atoms with Crippen molar-refractivity contribution in [2.45, 2.75) is 32.7 Å². The second-order valence-electron chi connectivity index (χ2n) is 8.47. The van der Waals surface area contributed by atoms with Crippen molar-refractivity contribution in [2.24, 2.45) is 0 Å². The number of nitrogens with zero attached hydrogens (tertiary/aromatic N) is 2. The maximum atomic E-state index is 13.4. The molecule has 0 aliphatic carbocycles. The summed E-state index contributed by atoms with van der Waals surface area (Å²) in [6.45, 7) is 4.22. The normalized spacial score (nSPS) is 16.7. The second-order valence-corrected chi connectivity index (χ2v) is 10.3. The van der Waals surface area contributed by atoms with E-state index in [0.29, 0.717) is 29.2 Å². The number of anilines is 1. The summed E-state index contributed by atoms with van der Waals surface area (Å²) in [6, 6.07) is 10.2. The molecule has 2 aromatic carbocycles. The lowest BCUT2D eigenvalue weighted by molar-refractivity contribution is -0.132. The average Bonchev–Trinajstić information content (AvgIpc) is 3.42. The minimum Gasteiger partial charge on any atom is -0.507 e. The number of rotatable bonds is 8. The summed E-state index contributed by atoms with van der Waals surface area (Å²) >= 11 is 13.3. The molecule has 2 heterocycles. The minimum absolute atomic E-state index is 0.0970. The first-order valence-electron chi connectivity index (χ1n) is 11.7. The van der Waals surface area contributed by atoms with Crippen LogP contribution in [0.3, 0.4) is 0 Å². The number of ether oxygens (including phenoxy) is 2. The summed E-state index contributed by atoms with van der Waals surface area (Å²) in [6.07, 6.45) is 1.90. The van der Waals surface area contributed by atoms with Crippen LogP contribution in [0.2, 0.25) is 10.0 Å². The standard InChI is InChI=1S/C27H24Cl2N2O6S/c1-4-5-12-37-17-9-6-15(7-10-17)22(32)20-21(16-8-11-18(28)19(29)13-16)31(25(34)23(20)33)27-30-14(2)24(38-27)26(35)36-3/h6-11,13,21,32H,4-5,12H2,1-3H3/t21-/m1/s1. The van der Waals surface area contributed by atoms with E-state index in [0.717, 1.165) is 29.1 Å². The molecule has 1 amide bonds. The van der Waals surface area contributed by atoms with Crippen LogP contribution in [0.25, 0.3) is 5.76 Å². The summed E-state index contributed by atoms with van der Waals surface area (Å²) in [4.78, 5) is 44.6. The number of unbranched alkanes of at least 4 members (excludes halogenated alkanes) is 1.